The molecule has 30 heavy (non-hydrogen) atoms. The smallest absolute Gasteiger partial charge is 0.255 e. The van der Waals surface area contributed by atoms with Crippen molar-refractivity contribution in [3.63, 3.8) is 0 Å². The van der Waals surface area contributed by atoms with Crippen molar-refractivity contribution in [2.75, 3.05) is 28.2 Å². The highest BCUT2D eigenvalue weighted by Gasteiger charge is 2.39. The fraction of sp³-hybridized carbons (Fsp3) is 0.360. The first-order valence-corrected chi connectivity index (χ1v) is 10.7. The minimum Gasteiger partial charge on any atom is -0.358 e. The molecular weight excluding hydrogens is 374 g/mol. The summed E-state index contributed by atoms with van der Waals surface area (Å²) in [6.45, 7) is 9.41. The van der Waals surface area contributed by atoms with Crippen LogP contribution in [-0.2, 0) is 4.79 Å². The van der Waals surface area contributed by atoms with Crippen molar-refractivity contribution in [2.45, 2.75) is 45.1 Å². The van der Waals surface area contributed by atoms with E-state index >= 15 is 0 Å². The van der Waals surface area contributed by atoms with Crippen LogP contribution in [0.2, 0.25) is 0 Å². The summed E-state index contributed by atoms with van der Waals surface area (Å²) in [6.07, 6.45) is 4.77. The number of nitrogens with one attached hydrogen (secondary N) is 1. The molecule has 1 fully saturated rings. The molecule has 0 bridgehead atoms. The maximum atomic E-state index is 13.1. The highest BCUT2D eigenvalue weighted by atomic mass is 16.2. The Morgan fingerprint density at radius 2 is 1.93 bits per heavy atom. The Balaban J connectivity index is 1.62. The number of benzene rings is 2. The minimum absolute atomic E-state index is 0.101. The average molecular weight is 404 g/mol. The number of carbonyl (C=O) groups excluding carboxylic acids is 2. The van der Waals surface area contributed by atoms with Gasteiger partial charge in [-0.05, 0) is 61.1 Å². The molecule has 0 aromatic heterocycles. The van der Waals surface area contributed by atoms with Gasteiger partial charge in [0.2, 0.25) is 5.91 Å². The molecule has 4 rings (SSSR count). The highest BCUT2D eigenvalue weighted by molar-refractivity contribution is 6.09. The van der Waals surface area contributed by atoms with E-state index in [4.69, 9.17) is 0 Å². The third-order valence-electron chi connectivity index (χ3n) is 6.04. The maximum absolute atomic E-state index is 13.1. The molecule has 2 heterocycles. The number of hydrogen-bond acceptors (Lipinski definition) is 3. The largest absolute Gasteiger partial charge is 0.358 e. The lowest BCUT2D eigenvalue weighted by Crippen LogP contribution is -2.55. The van der Waals surface area contributed by atoms with E-state index in [1.807, 2.05) is 42.5 Å². The van der Waals surface area contributed by atoms with Gasteiger partial charge in [0.1, 0.15) is 6.04 Å². The number of anilines is 3. The van der Waals surface area contributed by atoms with Crippen molar-refractivity contribution in [1.82, 2.24) is 0 Å². The van der Waals surface area contributed by atoms with Crippen LogP contribution in [0.15, 0.2) is 55.1 Å². The van der Waals surface area contributed by atoms with Crippen molar-refractivity contribution in [1.29, 1.82) is 0 Å². The zero-order valence-corrected chi connectivity index (χ0v) is 17.7. The monoisotopic (exact) mass is 403 g/mol. The van der Waals surface area contributed by atoms with E-state index in [0.29, 0.717) is 18.0 Å². The summed E-state index contributed by atoms with van der Waals surface area (Å²) < 4.78 is 0. The van der Waals surface area contributed by atoms with Crippen LogP contribution < -0.4 is 15.1 Å². The molecule has 0 aliphatic carbocycles. The molecule has 0 radical (unpaired) electrons. The van der Waals surface area contributed by atoms with Gasteiger partial charge in [-0.25, -0.2) is 0 Å². The molecule has 1 atom stereocenters. The second-order valence-corrected chi connectivity index (χ2v) is 8.38. The van der Waals surface area contributed by atoms with Crippen molar-refractivity contribution >= 4 is 28.9 Å². The van der Waals surface area contributed by atoms with Crippen LogP contribution in [0.5, 0.6) is 0 Å². The van der Waals surface area contributed by atoms with E-state index in [-0.39, 0.29) is 17.9 Å². The van der Waals surface area contributed by atoms with Crippen LogP contribution in [0.3, 0.4) is 0 Å². The third-order valence-corrected chi connectivity index (χ3v) is 6.04. The molecule has 2 aliphatic heterocycles. The second-order valence-electron chi connectivity index (χ2n) is 8.38. The van der Waals surface area contributed by atoms with Crippen LogP contribution in [-0.4, -0.2) is 30.9 Å². The lowest BCUT2D eigenvalue weighted by atomic mass is 9.95. The van der Waals surface area contributed by atoms with Crippen molar-refractivity contribution < 1.29 is 9.59 Å². The van der Waals surface area contributed by atoms with Gasteiger partial charge < -0.3 is 15.1 Å². The number of nitrogens with zero attached hydrogens (tertiary/aromatic N) is 2. The molecule has 156 valence electrons. The van der Waals surface area contributed by atoms with Crippen molar-refractivity contribution in [2.24, 2.45) is 0 Å². The summed E-state index contributed by atoms with van der Waals surface area (Å²) >= 11 is 0. The Hall–Kier alpha value is -3.08. The standard InChI is InChI=1S/C25H29N3O2/c1-4-14-28-23-16-19(24(29)26-20-11-8-18(9-12-20)17(2)3)10-13-21(23)27-15-6-5-7-22(27)25(28)30/h4,8-13,16-17,22H,1,5-7,14-15H2,2-3H3,(H,26,29)/t22-/m0/s1. The van der Waals surface area contributed by atoms with Crippen LogP contribution in [0, 0.1) is 0 Å². The molecule has 2 aliphatic rings. The number of carbonyl (C=O) groups is 2. The number of amides is 2. The number of rotatable bonds is 5. The molecule has 1 N–H and O–H groups in total. The van der Waals surface area contributed by atoms with Gasteiger partial charge in [-0.2, -0.15) is 0 Å². The molecule has 2 aromatic carbocycles. The zero-order valence-electron chi connectivity index (χ0n) is 17.7. The fourth-order valence-corrected chi connectivity index (χ4v) is 4.37. The van der Waals surface area contributed by atoms with E-state index in [2.05, 4.69) is 30.6 Å². The maximum Gasteiger partial charge on any atom is 0.255 e. The summed E-state index contributed by atoms with van der Waals surface area (Å²) in [5, 5.41) is 2.97. The zero-order chi connectivity index (χ0) is 21.3. The Kier molecular flexibility index (Phi) is 5.62. The van der Waals surface area contributed by atoms with Gasteiger partial charge in [-0.15, -0.1) is 6.58 Å². The van der Waals surface area contributed by atoms with E-state index in [1.54, 1.807) is 11.0 Å². The first-order valence-electron chi connectivity index (χ1n) is 10.7. The molecule has 0 unspecified atom stereocenters. The van der Waals surface area contributed by atoms with Crippen LogP contribution in [0.1, 0.15) is 54.9 Å². The lowest BCUT2D eigenvalue weighted by molar-refractivity contribution is -0.120. The highest BCUT2D eigenvalue weighted by Crippen LogP contribution is 2.40. The van der Waals surface area contributed by atoms with Gasteiger partial charge in [0.15, 0.2) is 0 Å². The summed E-state index contributed by atoms with van der Waals surface area (Å²) in [6, 6.07) is 13.5. The van der Waals surface area contributed by atoms with Crippen LogP contribution in [0.25, 0.3) is 0 Å². The predicted molar refractivity (Wildman–Crippen MR) is 122 cm³/mol. The fourth-order valence-electron chi connectivity index (χ4n) is 4.37. The summed E-state index contributed by atoms with van der Waals surface area (Å²) in [7, 11) is 0. The van der Waals surface area contributed by atoms with Crippen LogP contribution in [0.4, 0.5) is 17.1 Å². The molecule has 2 amide bonds. The van der Waals surface area contributed by atoms with Gasteiger partial charge in [0, 0.05) is 24.3 Å². The molecule has 5 heteroatoms. The normalized spacial score (nSPS) is 18.1. The van der Waals surface area contributed by atoms with E-state index in [1.165, 1.54) is 5.56 Å². The first-order chi connectivity index (χ1) is 14.5. The number of piperidine rings is 1. The van der Waals surface area contributed by atoms with Gasteiger partial charge in [-0.3, -0.25) is 9.59 Å². The Morgan fingerprint density at radius 1 is 1.17 bits per heavy atom. The predicted octanol–water partition coefficient (Wildman–Crippen LogP) is 4.95. The SMILES string of the molecule is C=CCN1C(=O)[C@@H]2CCCCN2c2ccc(C(=O)Nc3ccc(C(C)C)cc3)cc21. The Morgan fingerprint density at radius 3 is 2.63 bits per heavy atom. The van der Waals surface area contributed by atoms with E-state index in [0.717, 1.165) is 42.9 Å². The topological polar surface area (TPSA) is 52.7 Å². The van der Waals surface area contributed by atoms with Gasteiger partial charge in [-0.1, -0.05) is 32.1 Å². The number of hydrogen-bond donors (Lipinski definition) is 1. The van der Waals surface area contributed by atoms with Crippen molar-refractivity contribution in [3.05, 3.63) is 66.2 Å². The van der Waals surface area contributed by atoms with Gasteiger partial charge in [0.25, 0.3) is 5.91 Å². The molecular formula is C25H29N3O2. The summed E-state index contributed by atoms with van der Waals surface area (Å²) in [5.74, 6) is 0.369. The Labute approximate surface area is 178 Å². The van der Waals surface area contributed by atoms with Crippen molar-refractivity contribution in [3.8, 4) is 0 Å². The third kappa shape index (κ3) is 3.72. The molecule has 5 nitrogen and oxygen atoms in total. The molecule has 2 aromatic rings. The lowest BCUT2D eigenvalue weighted by Gasteiger charge is -2.45. The summed E-state index contributed by atoms with van der Waals surface area (Å²) in [5.41, 5.74) is 4.35. The molecule has 0 saturated carbocycles. The second kappa shape index (κ2) is 8.34. The van der Waals surface area contributed by atoms with Gasteiger partial charge in [0.05, 0.1) is 11.4 Å². The quantitative estimate of drug-likeness (QED) is 0.719. The average Bonchev–Trinajstić information content (AvgIpc) is 2.76. The number of fused-ring (bicyclic) bond motifs is 3. The van der Waals surface area contributed by atoms with Gasteiger partial charge >= 0.3 is 0 Å². The van der Waals surface area contributed by atoms with Crippen LogP contribution >= 0.6 is 0 Å². The summed E-state index contributed by atoms with van der Waals surface area (Å²) in [4.78, 5) is 30.0. The van der Waals surface area contributed by atoms with E-state index in [9.17, 15) is 9.59 Å². The first kappa shape index (κ1) is 20.2. The molecule has 0 spiro atoms. The minimum atomic E-state index is -0.179. The van der Waals surface area contributed by atoms with E-state index < -0.39 is 0 Å². The Bertz CT molecular complexity index is 965. The molecule has 1 saturated heterocycles.